The van der Waals surface area contributed by atoms with Gasteiger partial charge in [-0.3, -0.25) is 4.79 Å². The van der Waals surface area contributed by atoms with Gasteiger partial charge in [-0.25, -0.2) is 8.78 Å². The Morgan fingerprint density at radius 3 is 2.48 bits per heavy atom. The number of aryl methyl sites for hydroxylation is 1. The molecule has 0 radical (unpaired) electrons. The molecule has 0 saturated heterocycles. The highest BCUT2D eigenvalue weighted by molar-refractivity contribution is 5.59. The highest BCUT2D eigenvalue weighted by atomic mass is 19.1. The third-order valence-electron chi connectivity index (χ3n) is 3.55. The molecule has 0 N–H and O–H groups in total. The molecule has 1 heterocycles. The number of benzene rings is 2. The summed E-state index contributed by atoms with van der Waals surface area (Å²) in [6.07, 6.45) is 0. The number of hydrogen-bond donors (Lipinski definition) is 0. The summed E-state index contributed by atoms with van der Waals surface area (Å²) in [6.45, 7) is 1.15. The van der Waals surface area contributed by atoms with Gasteiger partial charge in [-0.15, -0.1) is 0 Å². The van der Waals surface area contributed by atoms with E-state index in [1.807, 2.05) is 0 Å². The first-order valence-corrected chi connectivity index (χ1v) is 7.10. The van der Waals surface area contributed by atoms with E-state index >= 15 is 0 Å². The summed E-state index contributed by atoms with van der Waals surface area (Å²) in [5.41, 5.74) is 2.45. The third-order valence-corrected chi connectivity index (χ3v) is 3.55. The van der Waals surface area contributed by atoms with Crippen LogP contribution in [0.2, 0.25) is 0 Å². The van der Waals surface area contributed by atoms with Crippen molar-refractivity contribution in [3.8, 4) is 16.9 Å². The molecule has 0 bridgehead atoms. The molecular weight excluding hydrogens is 298 g/mol. The zero-order valence-electron chi connectivity index (χ0n) is 12.5. The summed E-state index contributed by atoms with van der Waals surface area (Å²) in [5.74, 6) is -0.438. The zero-order chi connectivity index (χ0) is 16.4. The highest BCUT2D eigenvalue weighted by Gasteiger charge is 2.09. The van der Waals surface area contributed by atoms with Crippen molar-refractivity contribution in [1.29, 1.82) is 0 Å². The number of rotatable bonds is 3. The van der Waals surface area contributed by atoms with Gasteiger partial charge >= 0.3 is 0 Å². The van der Waals surface area contributed by atoms with Crippen LogP contribution in [0.4, 0.5) is 8.78 Å². The fourth-order valence-electron chi connectivity index (χ4n) is 2.30. The number of nitrogens with zero attached hydrogens (tertiary/aromatic N) is 2. The van der Waals surface area contributed by atoms with Crippen molar-refractivity contribution in [1.82, 2.24) is 9.78 Å². The fourth-order valence-corrected chi connectivity index (χ4v) is 2.30. The largest absolute Gasteiger partial charge is 0.274 e. The second-order valence-corrected chi connectivity index (χ2v) is 5.24. The smallest absolute Gasteiger partial charge is 0.267 e. The molecule has 3 rings (SSSR count). The van der Waals surface area contributed by atoms with Crippen LogP contribution in [0.15, 0.2) is 59.4 Å². The summed E-state index contributed by atoms with van der Waals surface area (Å²) in [6, 6.07) is 14.2. The molecule has 0 saturated carbocycles. The Balaban J connectivity index is 2.14. The molecule has 0 spiro atoms. The van der Waals surface area contributed by atoms with Crippen molar-refractivity contribution in [2.45, 2.75) is 13.6 Å². The SMILES string of the molecule is Cc1cc(-c2ccc(CF)cc2)nn(-c2cccc(F)c2)c1=O. The molecule has 3 nitrogen and oxygen atoms in total. The first kappa shape index (κ1) is 15.1. The standard InChI is InChI=1S/C18H14F2N2O/c1-12-9-17(14-7-5-13(11-19)6-8-14)21-22(18(12)23)16-4-2-3-15(20)10-16/h2-10H,11H2,1H3. The van der Waals surface area contributed by atoms with Crippen molar-refractivity contribution >= 4 is 0 Å². The van der Waals surface area contributed by atoms with Crippen molar-refractivity contribution in [3.05, 3.63) is 81.9 Å². The maximum atomic E-state index is 13.4. The Hall–Kier alpha value is -2.82. The van der Waals surface area contributed by atoms with E-state index in [2.05, 4.69) is 5.10 Å². The van der Waals surface area contributed by atoms with Gasteiger partial charge in [0.05, 0.1) is 11.4 Å². The quantitative estimate of drug-likeness (QED) is 0.737. The van der Waals surface area contributed by atoms with Crippen LogP contribution in [0.3, 0.4) is 0 Å². The Morgan fingerprint density at radius 1 is 1.09 bits per heavy atom. The van der Waals surface area contributed by atoms with Gasteiger partial charge in [0.2, 0.25) is 0 Å². The van der Waals surface area contributed by atoms with Gasteiger partial charge in [0.15, 0.2) is 0 Å². The van der Waals surface area contributed by atoms with Crippen molar-refractivity contribution in [2.24, 2.45) is 0 Å². The Kier molecular flexibility index (Phi) is 4.02. The number of aromatic nitrogens is 2. The molecule has 2 aromatic carbocycles. The van der Waals surface area contributed by atoms with E-state index in [0.29, 0.717) is 22.5 Å². The lowest BCUT2D eigenvalue weighted by Gasteiger charge is -2.09. The summed E-state index contributed by atoms with van der Waals surface area (Å²) in [4.78, 5) is 12.3. The minimum atomic E-state index is -0.532. The van der Waals surface area contributed by atoms with E-state index in [0.717, 1.165) is 5.56 Å². The average Bonchev–Trinajstić information content (AvgIpc) is 2.57. The van der Waals surface area contributed by atoms with Crippen molar-refractivity contribution < 1.29 is 8.78 Å². The minimum absolute atomic E-state index is 0.306. The van der Waals surface area contributed by atoms with E-state index in [1.54, 1.807) is 43.3 Å². The molecule has 0 unspecified atom stereocenters. The van der Waals surface area contributed by atoms with Gasteiger partial charge in [-0.05, 0) is 36.8 Å². The maximum Gasteiger partial charge on any atom is 0.274 e. The van der Waals surface area contributed by atoms with Crippen molar-refractivity contribution in [3.63, 3.8) is 0 Å². The van der Waals surface area contributed by atoms with Gasteiger partial charge in [-0.2, -0.15) is 9.78 Å². The van der Waals surface area contributed by atoms with Gasteiger partial charge in [0.25, 0.3) is 5.56 Å². The molecule has 116 valence electrons. The van der Waals surface area contributed by atoms with Crippen molar-refractivity contribution in [2.75, 3.05) is 0 Å². The second-order valence-electron chi connectivity index (χ2n) is 5.24. The molecule has 23 heavy (non-hydrogen) atoms. The maximum absolute atomic E-state index is 13.4. The van der Waals surface area contributed by atoms with Crippen LogP contribution in [0.5, 0.6) is 0 Å². The van der Waals surface area contributed by atoms with Crippen LogP contribution in [0.25, 0.3) is 16.9 Å². The van der Waals surface area contributed by atoms with Crippen LogP contribution in [0, 0.1) is 12.7 Å². The molecule has 1 aromatic heterocycles. The Bertz CT molecular complexity index is 902. The van der Waals surface area contributed by atoms with Gasteiger partial charge in [-0.1, -0.05) is 30.3 Å². The van der Waals surface area contributed by atoms with E-state index in [-0.39, 0.29) is 5.56 Å². The molecule has 0 fully saturated rings. The van der Waals surface area contributed by atoms with Gasteiger partial charge in [0.1, 0.15) is 12.5 Å². The summed E-state index contributed by atoms with van der Waals surface area (Å²) in [7, 11) is 0. The van der Waals surface area contributed by atoms with E-state index < -0.39 is 12.5 Å². The van der Waals surface area contributed by atoms with E-state index in [4.69, 9.17) is 0 Å². The van der Waals surface area contributed by atoms with Gasteiger partial charge in [0, 0.05) is 11.1 Å². The minimum Gasteiger partial charge on any atom is -0.267 e. The normalized spacial score (nSPS) is 10.7. The molecule has 3 aromatic rings. The lowest BCUT2D eigenvalue weighted by molar-refractivity contribution is 0.485. The first-order valence-electron chi connectivity index (χ1n) is 7.10. The predicted molar refractivity (Wildman–Crippen MR) is 84.8 cm³/mol. The molecule has 0 amide bonds. The summed E-state index contributed by atoms with van der Waals surface area (Å²) >= 11 is 0. The lowest BCUT2D eigenvalue weighted by Crippen LogP contribution is -2.23. The second kappa shape index (κ2) is 6.12. The first-order chi connectivity index (χ1) is 11.1. The Morgan fingerprint density at radius 2 is 1.83 bits per heavy atom. The molecular formula is C18H14F2N2O. The highest BCUT2D eigenvalue weighted by Crippen LogP contribution is 2.19. The zero-order valence-corrected chi connectivity index (χ0v) is 12.5. The fraction of sp³-hybridized carbons (Fsp3) is 0.111. The van der Waals surface area contributed by atoms with Crippen LogP contribution in [-0.2, 0) is 6.67 Å². The molecule has 0 atom stereocenters. The van der Waals surface area contributed by atoms with Crippen LogP contribution < -0.4 is 5.56 Å². The van der Waals surface area contributed by atoms with E-state index in [1.165, 1.54) is 22.9 Å². The lowest BCUT2D eigenvalue weighted by atomic mass is 10.1. The van der Waals surface area contributed by atoms with Gasteiger partial charge < -0.3 is 0 Å². The van der Waals surface area contributed by atoms with Crippen LogP contribution >= 0.6 is 0 Å². The van der Waals surface area contributed by atoms with E-state index in [9.17, 15) is 13.6 Å². The number of halogens is 2. The monoisotopic (exact) mass is 312 g/mol. The topological polar surface area (TPSA) is 34.9 Å². The molecule has 5 heteroatoms. The van der Waals surface area contributed by atoms with Crippen LogP contribution in [0.1, 0.15) is 11.1 Å². The average molecular weight is 312 g/mol. The number of alkyl halides is 1. The molecule has 0 aliphatic heterocycles. The summed E-state index contributed by atoms with van der Waals surface area (Å²) < 4.78 is 27.2. The molecule has 0 aliphatic rings. The molecule has 0 aliphatic carbocycles. The van der Waals surface area contributed by atoms with Crippen LogP contribution in [-0.4, -0.2) is 9.78 Å². The third kappa shape index (κ3) is 3.04. The number of hydrogen-bond acceptors (Lipinski definition) is 2. The summed E-state index contributed by atoms with van der Waals surface area (Å²) in [5, 5.41) is 4.31. The Labute approximate surface area is 131 Å². The predicted octanol–water partition coefficient (Wildman–Crippen LogP) is 3.82.